The highest BCUT2D eigenvalue weighted by Gasteiger charge is 2.46. The summed E-state index contributed by atoms with van der Waals surface area (Å²) in [7, 11) is 0. The maximum atomic E-state index is 14.2. The van der Waals surface area contributed by atoms with Crippen LogP contribution < -0.4 is 37.2 Å². The number of amides is 8. The topological polar surface area (TPSA) is 272 Å². The van der Waals surface area contributed by atoms with Crippen molar-refractivity contribution in [2.24, 2.45) is 11.1 Å². The first kappa shape index (κ1) is 59.5. The molecule has 424 valence electrons. The van der Waals surface area contributed by atoms with Gasteiger partial charge in [0, 0.05) is 38.8 Å². The van der Waals surface area contributed by atoms with Gasteiger partial charge in [0.1, 0.15) is 35.8 Å². The molecule has 3 aromatic carbocycles. The lowest BCUT2D eigenvalue weighted by Gasteiger charge is -2.35. The summed E-state index contributed by atoms with van der Waals surface area (Å²) in [6.07, 6.45) is 2.03. The van der Waals surface area contributed by atoms with Crippen molar-refractivity contribution in [3.63, 3.8) is 0 Å². The van der Waals surface area contributed by atoms with Crippen LogP contribution in [0.1, 0.15) is 139 Å². The van der Waals surface area contributed by atoms with Crippen LogP contribution in [-0.2, 0) is 64.1 Å². The van der Waals surface area contributed by atoms with Gasteiger partial charge in [0.2, 0.25) is 41.4 Å². The van der Waals surface area contributed by atoms with E-state index >= 15 is 0 Å². The van der Waals surface area contributed by atoms with Gasteiger partial charge in [-0.2, -0.15) is 0 Å². The molecular formula is C59H77N9O10S. The van der Waals surface area contributed by atoms with Crippen LogP contribution in [0, 0.1) is 12.3 Å². The number of aliphatic hydroxyl groups excluding tert-OH is 1. The van der Waals surface area contributed by atoms with Crippen LogP contribution in [0.2, 0.25) is 0 Å². The molecule has 20 heteroatoms. The van der Waals surface area contributed by atoms with Crippen molar-refractivity contribution in [1.82, 2.24) is 36.5 Å². The number of thiazole rings is 1. The van der Waals surface area contributed by atoms with Crippen LogP contribution in [0.15, 0.2) is 72.2 Å². The molecule has 79 heavy (non-hydrogen) atoms. The van der Waals surface area contributed by atoms with Crippen LogP contribution in [0.3, 0.4) is 0 Å². The maximum Gasteiger partial charge on any atom is 0.408 e. The molecule has 7 atom stereocenters. The standard InChI is InChI=1S/C59H77N9O10S/c1-34(38-20-22-40(23-21-38)50-35(2)62-33-79-50)63-53(73)45-30-42(69)32-67(45)56(76)51(58(3,4)5)66-48(71)19-11-9-10-14-36-15-12-16-37(28-36)31-61-52(72)43(26-27-47(60)70)64-54(74)46-29-41-18-13-17-39-24-25-44(55(75)68(46)49(39)41)65-57(77)78-59(6,7)8/h12-13,15-18,20-23,28,33-34,42-46,51,69H,9-11,14,19,24-27,29-32H2,1-8H3,(H2,60,70)(H,61,72)(H,63,73)(H,64,74)(H,65,77)(H,66,71)/t34-,42+,43-,44-,45-,46-,51+/m0/s1. The number of primary amides is 1. The summed E-state index contributed by atoms with van der Waals surface area (Å²) in [4.78, 5) is 117. The molecule has 19 nitrogen and oxygen atoms in total. The van der Waals surface area contributed by atoms with Gasteiger partial charge in [-0.25, -0.2) is 9.78 Å². The monoisotopic (exact) mass is 1100 g/mol. The van der Waals surface area contributed by atoms with Gasteiger partial charge in [-0.3, -0.25) is 38.5 Å². The Bertz CT molecular complexity index is 2890. The molecule has 4 aromatic rings. The van der Waals surface area contributed by atoms with Gasteiger partial charge in [0.25, 0.3) is 0 Å². The van der Waals surface area contributed by atoms with Crippen molar-refractivity contribution in [2.45, 2.75) is 181 Å². The molecule has 4 heterocycles. The number of unbranched alkanes of at least 4 members (excludes halogenated alkanes) is 2. The molecule has 0 radical (unpaired) electrons. The van der Waals surface area contributed by atoms with Gasteiger partial charge in [-0.15, -0.1) is 11.3 Å². The Morgan fingerprint density at radius 1 is 0.861 bits per heavy atom. The quantitative estimate of drug-likeness (QED) is 0.0494. The van der Waals surface area contributed by atoms with E-state index in [1.807, 2.05) is 107 Å². The fourth-order valence-corrected chi connectivity index (χ4v) is 11.3. The Kier molecular flexibility index (Phi) is 19.4. The average Bonchev–Trinajstić information content (AvgIpc) is 4.33. The van der Waals surface area contributed by atoms with Crippen molar-refractivity contribution in [2.75, 3.05) is 11.4 Å². The maximum absolute atomic E-state index is 14.2. The number of anilines is 1. The molecular weight excluding hydrogens is 1030 g/mol. The minimum atomic E-state index is -1.15. The lowest BCUT2D eigenvalue weighted by molar-refractivity contribution is -0.144. The Morgan fingerprint density at radius 3 is 2.24 bits per heavy atom. The number of nitrogens with two attached hydrogens (primary N) is 1. The van der Waals surface area contributed by atoms with Gasteiger partial charge < -0.3 is 47.1 Å². The van der Waals surface area contributed by atoms with Crippen molar-refractivity contribution >= 4 is 64.5 Å². The Morgan fingerprint density at radius 2 is 1.56 bits per heavy atom. The van der Waals surface area contributed by atoms with Crippen LogP contribution in [0.25, 0.3) is 10.4 Å². The molecule has 3 aliphatic heterocycles. The third-order valence-corrected chi connectivity index (χ3v) is 15.6. The smallest absolute Gasteiger partial charge is 0.408 e. The molecule has 0 unspecified atom stereocenters. The first-order chi connectivity index (χ1) is 37.4. The number of β-amino-alcohol motifs (C(OH)–C–C–N with tert-alkyl or cyclic N) is 1. The highest BCUT2D eigenvalue weighted by Crippen LogP contribution is 2.39. The van der Waals surface area contributed by atoms with E-state index < -0.39 is 83.0 Å². The first-order valence-corrected chi connectivity index (χ1v) is 28.2. The summed E-state index contributed by atoms with van der Waals surface area (Å²) in [5, 5.41) is 25.1. The second-order valence-corrected chi connectivity index (χ2v) is 24.0. The second kappa shape index (κ2) is 25.7. The Labute approximate surface area is 466 Å². The number of aliphatic hydroxyl groups is 1. The molecule has 0 aliphatic carbocycles. The highest BCUT2D eigenvalue weighted by atomic mass is 32.1. The SMILES string of the molecule is Cc1ncsc1-c1ccc([C@H](C)NC(=O)[C@@H]2C[C@@H](O)CN2C(=O)[C@@H](NC(=O)CCCCCc2cccc(CNC(=O)[C@H](CCC(N)=O)NC(=O)[C@@H]3Cc4cccc5c4N3C(=O)[C@@H](NC(=O)OC(C)(C)C)CC5)c2)C(C)(C)C)cc1. The number of carbonyl (C=O) groups excluding carboxylic acids is 8. The number of hydrogen-bond acceptors (Lipinski definition) is 12. The summed E-state index contributed by atoms with van der Waals surface area (Å²) >= 11 is 1.56. The largest absolute Gasteiger partial charge is 0.444 e. The zero-order valence-corrected chi connectivity index (χ0v) is 47.4. The minimum Gasteiger partial charge on any atom is -0.444 e. The number of nitrogens with zero attached hydrogens (tertiary/aromatic N) is 3. The van der Waals surface area contributed by atoms with E-state index in [-0.39, 0.29) is 69.5 Å². The summed E-state index contributed by atoms with van der Waals surface area (Å²) in [5.74, 6) is -3.34. The van der Waals surface area contributed by atoms with E-state index in [0.29, 0.717) is 31.4 Å². The zero-order chi connectivity index (χ0) is 57.3. The van der Waals surface area contributed by atoms with E-state index in [2.05, 4.69) is 31.6 Å². The van der Waals surface area contributed by atoms with Crippen LogP contribution in [0.5, 0.6) is 0 Å². The summed E-state index contributed by atoms with van der Waals surface area (Å²) in [6.45, 7) is 14.6. The van der Waals surface area contributed by atoms with Crippen molar-refractivity contribution < 1.29 is 48.2 Å². The number of benzene rings is 3. The fraction of sp³-hybridized carbons (Fsp3) is 0.508. The Balaban J connectivity index is 0.882. The number of rotatable bonds is 21. The van der Waals surface area contributed by atoms with Crippen LogP contribution >= 0.6 is 11.3 Å². The van der Waals surface area contributed by atoms with Crippen molar-refractivity contribution in [1.29, 1.82) is 0 Å². The molecule has 0 spiro atoms. The number of ether oxygens (including phenoxy) is 1. The van der Waals surface area contributed by atoms with E-state index in [4.69, 9.17) is 10.5 Å². The normalized spacial score (nSPS) is 19.1. The second-order valence-electron chi connectivity index (χ2n) is 23.1. The van der Waals surface area contributed by atoms with E-state index in [1.54, 1.807) is 32.1 Å². The van der Waals surface area contributed by atoms with Gasteiger partial charge in [0.15, 0.2) is 0 Å². The number of aryl methyl sites for hydroxylation is 3. The van der Waals surface area contributed by atoms with Gasteiger partial charge in [-0.05, 0) is 112 Å². The van der Waals surface area contributed by atoms with Gasteiger partial charge >= 0.3 is 6.09 Å². The average molecular weight is 1100 g/mol. The molecule has 8 amide bonds. The van der Waals surface area contributed by atoms with Crippen molar-refractivity contribution in [3.8, 4) is 10.4 Å². The molecule has 7 rings (SSSR count). The summed E-state index contributed by atoms with van der Waals surface area (Å²) in [6, 6.07) is 15.8. The van der Waals surface area contributed by atoms with Crippen LogP contribution in [-0.4, -0.2) is 111 Å². The van der Waals surface area contributed by atoms with E-state index in [9.17, 15) is 43.5 Å². The molecule has 1 fully saturated rings. The zero-order valence-electron chi connectivity index (χ0n) is 46.6. The number of nitrogens with one attached hydrogen (secondary N) is 5. The van der Waals surface area contributed by atoms with E-state index in [1.165, 1.54) is 9.80 Å². The van der Waals surface area contributed by atoms with Crippen LogP contribution in [0.4, 0.5) is 10.5 Å². The summed E-state index contributed by atoms with van der Waals surface area (Å²) < 4.78 is 5.43. The number of aromatic nitrogens is 1. The number of alkyl carbamates (subject to hydrolysis) is 1. The molecule has 0 bridgehead atoms. The first-order valence-electron chi connectivity index (χ1n) is 27.3. The minimum absolute atomic E-state index is 0.0273. The van der Waals surface area contributed by atoms with Gasteiger partial charge in [0.05, 0.1) is 33.9 Å². The fourth-order valence-electron chi connectivity index (χ4n) is 10.5. The number of para-hydroxylation sites is 1. The Hall–Kier alpha value is -7.19. The van der Waals surface area contributed by atoms with E-state index in [0.717, 1.165) is 50.4 Å². The molecule has 1 aromatic heterocycles. The van der Waals surface area contributed by atoms with Crippen molar-refractivity contribution in [3.05, 3.63) is 106 Å². The molecule has 1 saturated heterocycles. The predicted octanol–water partition coefficient (Wildman–Crippen LogP) is 5.76. The third kappa shape index (κ3) is 15.6. The number of hydrogen-bond donors (Lipinski definition) is 7. The summed E-state index contributed by atoms with van der Waals surface area (Å²) in [5.41, 5.74) is 12.7. The highest BCUT2D eigenvalue weighted by molar-refractivity contribution is 7.13. The number of likely N-dealkylation sites (tertiary alicyclic amines) is 1. The molecule has 3 aliphatic rings. The predicted molar refractivity (Wildman–Crippen MR) is 300 cm³/mol. The lowest BCUT2D eigenvalue weighted by atomic mass is 9.85. The van der Waals surface area contributed by atoms with Gasteiger partial charge in [-0.1, -0.05) is 93.9 Å². The molecule has 0 saturated carbocycles. The molecule has 8 N–H and O–H groups in total. The lowest BCUT2D eigenvalue weighted by Crippen LogP contribution is -2.57. The third-order valence-electron chi connectivity index (χ3n) is 14.6. The number of carbonyl (C=O) groups is 8.